The molecule has 142 valence electrons. The van der Waals surface area contributed by atoms with Gasteiger partial charge in [-0.05, 0) is 43.4 Å². The molecule has 1 aliphatic rings. The summed E-state index contributed by atoms with van der Waals surface area (Å²) in [6.07, 6.45) is 5.25. The minimum absolute atomic E-state index is 0. The van der Waals surface area contributed by atoms with E-state index >= 15 is 0 Å². The molecule has 1 saturated carbocycles. The maximum absolute atomic E-state index is 5.48. The quantitative estimate of drug-likeness (QED) is 0.380. The lowest BCUT2D eigenvalue weighted by atomic mass is 9.89. The number of benzene rings is 1. The van der Waals surface area contributed by atoms with E-state index in [1.165, 1.54) is 25.7 Å². The van der Waals surface area contributed by atoms with E-state index in [1.807, 2.05) is 25.2 Å². The summed E-state index contributed by atoms with van der Waals surface area (Å²) in [4.78, 5) is 4.37. The molecule has 0 bridgehead atoms. The van der Waals surface area contributed by atoms with E-state index < -0.39 is 0 Å². The van der Waals surface area contributed by atoms with Crippen LogP contribution in [0.15, 0.2) is 23.2 Å². The van der Waals surface area contributed by atoms with Gasteiger partial charge in [0.1, 0.15) is 11.5 Å². The molecule has 2 N–H and O–H groups in total. The summed E-state index contributed by atoms with van der Waals surface area (Å²) in [6, 6.07) is 5.89. The van der Waals surface area contributed by atoms with E-state index in [1.54, 1.807) is 14.2 Å². The van der Waals surface area contributed by atoms with Crippen molar-refractivity contribution >= 4 is 29.9 Å². The Morgan fingerprint density at radius 3 is 2.48 bits per heavy atom. The molecule has 1 aromatic carbocycles. The van der Waals surface area contributed by atoms with Gasteiger partial charge in [-0.25, -0.2) is 0 Å². The van der Waals surface area contributed by atoms with Gasteiger partial charge in [0.15, 0.2) is 5.96 Å². The number of guanidine groups is 1. The molecule has 0 spiro atoms. The van der Waals surface area contributed by atoms with Crippen molar-refractivity contribution in [3.8, 4) is 11.5 Å². The Morgan fingerprint density at radius 2 is 1.92 bits per heavy atom. The highest BCUT2D eigenvalue weighted by Gasteiger charge is 2.28. The molecule has 5 nitrogen and oxygen atoms in total. The van der Waals surface area contributed by atoms with E-state index in [0.29, 0.717) is 5.41 Å². The van der Waals surface area contributed by atoms with Crippen LogP contribution in [0.5, 0.6) is 11.5 Å². The predicted molar refractivity (Wildman–Crippen MR) is 114 cm³/mol. The molecule has 0 aromatic heterocycles. The van der Waals surface area contributed by atoms with E-state index in [-0.39, 0.29) is 30.0 Å². The molecule has 1 fully saturated rings. The summed E-state index contributed by atoms with van der Waals surface area (Å²) in [7, 11) is 5.17. The Hall–Kier alpha value is -1.18. The van der Waals surface area contributed by atoms with Crippen LogP contribution in [-0.2, 0) is 0 Å². The first-order chi connectivity index (χ1) is 11.5. The maximum Gasteiger partial charge on any atom is 0.191 e. The number of nitrogens with zero attached hydrogens (tertiary/aromatic N) is 1. The molecule has 1 aromatic rings. The molecule has 6 heteroatoms. The fraction of sp³-hybridized carbons (Fsp3) is 0.632. The van der Waals surface area contributed by atoms with Gasteiger partial charge in [0.25, 0.3) is 0 Å². The maximum atomic E-state index is 5.48. The lowest BCUT2D eigenvalue weighted by Gasteiger charge is -2.26. The molecular formula is C19H32IN3O2. The largest absolute Gasteiger partial charge is 0.497 e. The topological polar surface area (TPSA) is 54.9 Å². The van der Waals surface area contributed by atoms with Gasteiger partial charge in [0, 0.05) is 19.2 Å². The van der Waals surface area contributed by atoms with Crippen LogP contribution in [0.4, 0.5) is 0 Å². The highest BCUT2D eigenvalue weighted by molar-refractivity contribution is 14.0. The highest BCUT2D eigenvalue weighted by atomic mass is 127. The van der Waals surface area contributed by atoms with Crippen LogP contribution >= 0.6 is 24.0 Å². The van der Waals surface area contributed by atoms with Gasteiger partial charge in [-0.2, -0.15) is 0 Å². The molecule has 1 atom stereocenters. The molecule has 25 heavy (non-hydrogen) atoms. The van der Waals surface area contributed by atoms with Gasteiger partial charge in [-0.15, -0.1) is 24.0 Å². The fourth-order valence-electron chi connectivity index (χ4n) is 3.36. The summed E-state index contributed by atoms with van der Waals surface area (Å²) in [5.74, 6) is 2.48. The SMILES string of the molecule is CN=C(NCC1(C)CCCC1)NC(C)c1cc(OC)ccc1OC.I. The van der Waals surface area contributed by atoms with Crippen molar-refractivity contribution in [1.82, 2.24) is 10.6 Å². The summed E-state index contributed by atoms with van der Waals surface area (Å²) < 4.78 is 10.8. The third-order valence-corrected chi connectivity index (χ3v) is 4.97. The molecule has 2 rings (SSSR count). The normalized spacial score (nSPS) is 17.4. The molecule has 0 saturated heterocycles. The average Bonchev–Trinajstić information content (AvgIpc) is 3.04. The number of hydrogen-bond acceptors (Lipinski definition) is 3. The molecule has 0 amide bonds. The molecule has 0 heterocycles. The number of nitrogens with one attached hydrogen (secondary N) is 2. The number of aliphatic imine (C=N–C) groups is 1. The Bertz CT molecular complexity index is 572. The van der Waals surface area contributed by atoms with Crippen molar-refractivity contribution in [2.45, 2.75) is 45.6 Å². The lowest BCUT2D eigenvalue weighted by molar-refractivity contribution is 0.333. The third kappa shape index (κ3) is 5.94. The van der Waals surface area contributed by atoms with Crippen molar-refractivity contribution in [1.29, 1.82) is 0 Å². The standard InChI is InChI=1S/C19H31N3O2.HI/c1-14(16-12-15(23-4)8-9-17(16)24-5)22-18(20-3)21-13-19(2)10-6-7-11-19;/h8-9,12,14H,6-7,10-11,13H2,1-5H3,(H2,20,21,22);1H. The minimum atomic E-state index is 0. The highest BCUT2D eigenvalue weighted by Crippen LogP contribution is 2.36. The first-order valence-electron chi connectivity index (χ1n) is 8.70. The summed E-state index contributed by atoms with van der Waals surface area (Å²) in [5, 5.41) is 6.94. The van der Waals surface area contributed by atoms with Crippen LogP contribution in [0.3, 0.4) is 0 Å². The Labute approximate surface area is 169 Å². The zero-order chi connectivity index (χ0) is 17.6. The van der Waals surface area contributed by atoms with Crippen LogP contribution in [0.25, 0.3) is 0 Å². The number of halogens is 1. The van der Waals surface area contributed by atoms with E-state index in [2.05, 4.69) is 29.5 Å². The molecule has 0 aliphatic heterocycles. The lowest BCUT2D eigenvalue weighted by Crippen LogP contribution is -2.43. The van der Waals surface area contributed by atoms with Crippen LogP contribution < -0.4 is 20.1 Å². The first kappa shape index (κ1) is 21.9. The second kappa shape index (κ2) is 10.1. The molecule has 0 radical (unpaired) electrons. The minimum Gasteiger partial charge on any atom is -0.497 e. The first-order valence-corrected chi connectivity index (χ1v) is 8.70. The van der Waals surface area contributed by atoms with Crippen LogP contribution in [-0.4, -0.2) is 33.8 Å². The zero-order valence-corrected chi connectivity index (χ0v) is 18.3. The van der Waals surface area contributed by atoms with Gasteiger partial charge < -0.3 is 20.1 Å². The van der Waals surface area contributed by atoms with Gasteiger partial charge in [0.2, 0.25) is 0 Å². The second-order valence-electron chi connectivity index (χ2n) is 6.92. The van der Waals surface area contributed by atoms with Gasteiger partial charge in [-0.3, -0.25) is 4.99 Å². The number of ether oxygens (including phenoxy) is 2. The molecule has 1 unspecified atom stereocenters. The van der Waals surface area contributed by atoms with Crippen LogP contribution in [0.2, 0.25) is 0 Å². The summed E-state index contributed by atoms with van der Waals surface area (Å²) in [5.41, 5.74) is 1.43. The summed E-state index contributed by atoms with van der Waals surface area (Å²) in [6.45, 7) is 5.41. The van der Waals surface area contributed by atoms with Crippen molar-refractivity contribution in [2.24, 2.45) is 10.4 Å². The van der Waals surface area contributed by atoms with E-state index in [0.717, 1.165) is 29.6 Å². The van der Waals surface area contributed by atoms with Crippen molar-refractivity contribution in [3.05, 3.63) is 23.8 Å². The smallest absolute Gasteiger partial charge is 0.191 e. The van der Waals surface area contributed by atoms with Gasteiger partial charge >= 0.3 is 0 Å². The Balaban J connectivity index is 0.00000312. The van der Waals surface area contributed by atoms with Crippen molar-refractivity contribution in [2.75, 3.05) is 27.8 Å². The predicted octanol–water partition coefficient (Wildman–Crippen LogP) is 4.13. The number of methoxy groups -OCH3 is 2. The summed E-state index contributed by atoms with van der Waals surface area (Å²) >= 11 is 0. The second-order valence-corrected chi connectivity index (χ2v) is 6.92. The Kier molecular flexibility index (Phi) is 8.82. The molecular weight excluding hydrogens is 429 g/mol. The third-order valence-electron chi connectivity index (χ3n) is 4.97. The molecule has 1 aliphatic carbocycles. The van der Waals surface area contributed by atoms with Crippen molar-refractivity contribution in [3.63, 3.8) is 0 Å². The number of hydrogen-bond donors (Lipinski definition) is 2. The zero-order valence-electron chi connectivity index (χ0n) is 16.0. The fourth-order valence-corrected chi connectivity index (χ4v) is 3.36. The van der Waals surface area contributed by atoms with E-state index in [9.17, 15) is 0 Å². The number of rotatable bonds is 6. The van der Waals surface area contributed by atoms with E-state index in [4.69, 9.17) is 9.47 Å². The average molecular weight is 461 g/mol. The van der Waals surface area contributed by atoms with Crippen molar-refractivity contribution < 1.29 is 9.47 Å². The van der Waals surface area contributed by atoms with Gasteiger partial charge in [0.05, 0.1) is 20.3 Å². The Morgan fingerprint density at radius 1 is 1.24 bits per heavy atom. The van der Waals surface area contributed by atoms with Gasteiger partial charge in [-0.1, -0.05) is 19.8 Å². The monoisotopic (exact) mass is 461 g/mol. The van der Waals surface area contributed by atoms with Crippen LogP contribution in [0.1, 0.15) is 51.1 Å². The van der Waals surface area contributed by atoms with Crippen LogP contribution in [0, 0.1) is 5.41 Å².